The Morgan fingerprint density at radius 3 is 3.18 bits per heavy atom. The zero-order chi connectivity index (χ0) is 12.3. The normalized spacial score (nSPS) is 12.6. The lowest BCUT2D eigenvalue weighted by atomic mass is 10.3. The van der Waals surface area contributed by atoms with E-state index in [1.54, 1.807) is 34.9 Å². The first-order valence-electron chi connectivity index (χ1n) is 5.22. The molecule has 5 nitrogen and oxygen atoms in total. The summed E-state index contributed by atoms with van der Waals surface area (Å²) in [7, 11) is 1.40. The van der Waals surface area contributed by atoms with Gasteiger partial charge in [-0.3, -0.25) is 4.79 Å². The molecule has 2 aromatic rings. The Kier molecular flexibility index (Phi) is 3.63. The van der Waals surface area contributed by atoms with Gasteiger partial charge in [0.1, 0.15) is 5.03 Å². The molecule has 2 rings (SSSR count). The van der Waals surface area contributed by atoms with Crippen LogP contribution >= 0.6 is 11.8 Å². The van der Waals surface area contributed by atoms with Crippen molar-refractivity contribution in [3.8, 4) is 0 Å². The minimum absolute atomic E-state index is 0.121. The molecule has 0 aliphatic heterocycles. The summed E-state index contributed by atoms with van der Waals surface area (Å²) in [5.41, 5.74) is 0.953. The van der Waals surface area contributed by atoms with Crippen molar-refractivity contribution >= 4 is 23.2 Å². The van der Waals surface area contributed by atoms with Gasteiger partial charge in [0.25, 0.3) is 0 Å². The van der Waals surface area contributed by atoms with Gasteiger partial charge in [-0.05, 0) is 6.07 Å². The molecule has 0 bridgehead atoms. The van der Waals surface area contributed by atoms with Gasteiger partial charge < -0.3 is 4.74 Å². The predicted molar refractivity (Wildman–Crippen MR) is 64.9 cm³/mol. The van der Waals surface area contributed by atoms with E-state index in [9.17, 15) is 4.79 Å². The molecule has 0 aliphatic rings. The standard InChI is InChI=1S/C11H13N3O2S/c1-8(7-10(15)16-2)17-11-9-3-4-13-14(9)6-5-12-11/h3-6,8H,7H2,1-2H3. The number of methoxy groups -OCH3 is 1. The molecule has 1 atom stereocenters. The van der Waals surface area contributed by atoms with Crippen LogP contribution in [0.1, 0.15) is 13.3 Å². The van der Waals surface area contributed by atoms with E-state index in [0.717, 1.165) is 10.5 Å². The molecule has 0 spiro atoms. The molecule has 2 heterocycles. The fourth-order valence-electron chi connectivity index (χ4n) is 1.47. The maximum absolute atomic E-state index is 11.2. The Hall–Kier alpha value is -1.56. The molecule has 0 fully saturated rings. The second-order valence-electron chi connectivity index (χ2n) is 3.60. The highest BCUT2D eigenvalue weighted by atomic mass is 32.2. The highest BCUT2D eigenvalue weighted by Crippen LogP contribution is 2.26. The molecule has 0 N–H and O–H groups in total. The number of aromatic nitrogens is 3. The quantitative estimate of drug-likeness (QED) is 0.612. The number of hydrogen-bond donors (Lipinski definition) is 0. The summed E-state index contributed by atoms with van der Waals surface area (Å²) >= 11 is 1.55. The molecule has 0 saturated heterocycles. The van der Waals surface area contributed by atoms with Crippen LogP contribution in [0.15, 0.2) is 29.7 Å². The van der Waals surface area contributed by atoms with Gasteiger partial charge in [-0.15, -0.1) is 11.8 Å². The van der Waals surface area contributed by atoms with E-state index < -0.39 is 0 Å². The van der Waals surface area contributed by atoms with Crippen LogP contribution in [0.25, 0.3) is 5.52 Å². The first kappa shape index (κ1) is 11.9. The van der Waals surface area contributed by atoms with Crippen LogP contribution in [-0.2, 0) is 9.53 Å². The molecule has 0 amide bonds. The van der Waals surface area contributed by atoms with E-state index in [1.165, 1.54) is 7.11 Å². The fraction of sp³-hybridized carbons (Fsp3) is 0.364. The van der Waals surface area contributed by atoms with Crippen LogP contribution < -0.4 is 0 Å². The first-order chi connectivity index (χ1) is 8.20. The zero-order valence-corrected chi connectivity index (χ0v) is 10.5. The number of ether oxygens (including phenoxy) is 1. The van der Waals surface area contributed by atoms with Gasteiger partial charge in [-0.25, -0.2) is 9.50 Å². The molecule has 0 radical (unpaired) electrons. The third-order valence-electron chi connectivity index (χ3n) is 2.28. The third-order valence-corrected chi connectivity index (χ3v) is 3.39. The summed E-state index contributed by atoms with van der Waals surface area (Å²) in [4.78, 5) is 15.5. The van der Waals surface area contributed by atoms with Crippen molar-refractivity contribution < 1.29 is 9.53 Å². The van der Waals surface area contributed by atoms with Gasteiger partial charge >= 0.3 is 5.97 Å². The summed E-state index contributed by atoms with van der Waals surface area (Å²) in [6.45, 7) is 1.98. The smallest absolute Gasteiger partial charge is 0.306 e. The van der Waals surface area contributed by atoms with Gasteiger partial charge in [0.2, 0.25) is 0 Å². The van der Waals surface area contributed by atoms with Crippen LogP contribution in [0.3, 0.4) is 0 Å². The maximum atomic E-state index is 11.2. The average Bonchev–Trinajstić information content (AvgIpc) is 2.78. The molecule has 0 saturated carbocycles. The van der Waals surface area contributed by atoms with Crippen molar-refractivity contribution in [1.29, 1.82) is 0 Å². The number of carbonyl (C=O) groups is 1. The lowest BCUT2D eigenvalue weighted by Crippen LogP contribution is -2.08. The topological polar surface area (TPSA) is 56.5 Å². The Labute approximate surface area is 103 Å². The summed E-state index contributed by atoms with van der Waals surface area (Å²) in [6, 6.07) is 1.90. The lowest BCUT2D eigenvalue weighted by Gasteiger charge is -2.09. The first-order valence-corrected chi connectivity index (χ1v) is 6.10. The van der Waals surface area contributed by atoms with Crippen molar-refractivity contribution in [2.45, 2.75) is 23.6 Å². The molecule has 0 aromatic carbocycles. The summed E-state index contributed by atoms with van der Waals surface area (Å²) < 4.78 is 6.40. The van der Waals surface area contributed by atoms with Crippen LogP contribution in [0.2, 0.25) is 0 Å². The molecular weight excluding hydrogens is 238 g/mol. The van der Waals surface area contributed by atoms with Gasteiger partial charge in [-0.2, -0.15) is 5.10 Å². The van der Waals surface area contributed by atoms with E-state index in [1.807, 2.05) is 13.0 Å². The average molecular weight is 251 g/mol. The minimum atomic E-state index is -0.203. The second kappa shape index (κ2) is 5.18. The van der Waals surface area contributed by atoms with Crippen molar-refractivity contribution in [1.82, 2.24) is 14.6 Å². The van der Waals surface area contributed by atoms with E-state index in [0.29, 0.717) is 6.42 Å². The largest absolute Gasteiger partial charge is 0.469 e. The van der Waals surface area contributed by atoms with Crippen LogP contribution in [-0.4, -0.2) is 32.9 Å². The van der Waals surface area contributed by atoms with Gasteiger partial charge in [0.15, 0.2) is 0 Å². The van der Waals surface area contributed by atoms with Crippen molar-refractivity contribution in [2.24, 2.45) is 0 Å². The van der Waals surface area contributed by atoms with Crippen LogP contribution in [0.4, 0.5) is 0 Å². The highest BCUT2D eigenvalue weighted by Gasteiger charge is 2.13. The predicted octanol–water partition coefficient (Wildman–Crippen LogP) is 1.77. The number of nitrogens with zero attached hydrogens (tertiary/aromatic N) is 3. The van der Waals surface area contributed by atoms with Gasteiger partial charge in [0.05, 0.1) is 25.2 Å². The van der Waals surface area contributed by atoms with Crippen LogP contribution in [0.5, 0.6) is 0 Å². The molecule has 2 aromatic heterocycles. The van der Waals surface area contributed by atoms with Crippen LogP contribution in [0, 0.1) is 0 Å². The Balaban J connectivity index is 2.12. The molecule has 1 unspecified atom stereocenters. The summed E-state index contributed by atoms with van der Waals surface area (Å²) in [5, 5.41) is 5.13. The SMILES string of the molecule is COC(=O)CC(C)Sc1nccn2nccc12. The maximum Gasteiger partial charge on any atom is 0.306 e. The molecule has 17 heavy (non-hydrogen) atoms. The summed E-state index contributed by atoms with van der Waals surface area (Å²) in [6.07, 6.45) is 5.60. The number of carbonyl (C=O) groups excluding carboxylic acids is 1. The number of rotatable bonds is 4. The van der Waals surface area contributed by atoms with Gasteiger partial charge in [0, 0.05) is 17.6 Å². The number of hydrogen-bond acceptors (Lipinski definition) is 5. The van der Waals surface area contributed by atoms with Crippen molar-refractivity contribution in [3.05, 3.63) is 24.7 Å². The van der Waals surface area contributed by atoms with E-state index in [4.69, 9.17) is 0 Å². The monoisotopic (exact) mass is 251 g/mol. The Morgan fingerprint density at radius 1 is 1.59 bits per heavy atom. The Bertz CT molecular complexity index is 526. The lowest BCUT2D eigenvalue weighted by molar-refractivity contribution is -0.140. The number of fused-ring (bicyclic) bond motifs is 1. The Morgan fingerprint density at radius 2 is 2.41 bits per heavy atom. The van der Waals surface area contributed by atoms with E-state index in [-0.39, 0.29) is 11.2 Å². The van der Waals surface area contributed by atoms with Crippen molar-refractivity contribution in [2.75, 3.05) is 7.11 Å². The molecule has 6 heteroatoms. The van der Waals surface area contributed by atoms with E-state index >= 15 is 0 Å². The highest BCUT2D eigenvalue weighted by molar-refractivity contribution is 8.00. The second-order valence-corrected chi connectivity index (χ2v) is 5.03. The molecule has 90 valence electrons. The fourth-order valence-corrected chi connectivity index (χ4v) is 2.48. The molecule has 0 aliphatic carbocycles. The number of esters is 1. The van der Waals surface area contributed by atoms with Crippen molar-refractivity contribution in [3.63, 3.8) is 0 Å². The zero-order valence-electron chi connectivity index (χ0n) is 9.66. The van der Waals surface area contributed by atoms with E-state index in [2.05, 4.69) is 14.8 Å². The minimum Gasteiger partial charge on any atom is -0.469 e. The van der Waals surface area contributed by atoms with Gasteiger partial charge in [-0.1, -0.05) is 6.92 Å². The number of thioether (sulfide) groups is 1. The molecular formula is C11H13N3O2S. The third kappa shape index (κ3) is 2.76. The summed E-state index contributed by atoms with van der Waals surface area (Å²) in [5.74, 6) is -0.203.